The monoisotopic (exact) mass is 250 g/mol. The molecule has 5 heteroatoms. The molecule has 2 saturated heterocycles. The van der Waals surface area contributed by atoms with E-state index in [0.717, 1.165) is 26.1 Å². The lowest BCUT2D eigenvalue weighted by Crippen LogP contribution is -2.54. The van der Waals surface area contributed by atoms with E-state index in [0.29, 0.717) is 6.54 Å². The normalized spacial score (nSPS) is 29.4. The predicted molar refractivity (Wildman–Crippen MR) is 64.9 cm³/mol. The molecule has 3 heterocycles. The van der Waals surface area contributed by atoms with Crippen molar-refractivity contribution in [2.75, 3.05) is 33.3 Å². The lowest BCUT2D eigenvalue weighted by molar-refractivity contribution is -0.159. The van der Waals surface area contributed by atoms with Crippen molar-refractivity contribution in [3.05, 3.63) is 24.2 Å². The molecule has 2 fully saturated rings. The molecular formula is C13H18N2O3. The average Bonchev–Trinajstić information content (AvgIpc) is 2.96. The zero-order chi connectivity index (χ0) is 12.6. The Morgan fingerprint density at radius 3 is 3.06 bits per heavy atom. The maximum absolute atomic E-state index is 11.4. The third-order valence-electron chi connectivity index (χ3n) is 3.83. The average molecular weight is 250 g/mol. The Labute approximate surface area is 106 Å². The fraction of sp³-hybridized carbons (Fsp3) is 0.615. The molecule has 98 valence electrons. The Hall–Kier alpha value is -1.33. The lowest BCUT2D eigenvalue weighted by atomic mass is 10.0. The van der Waals surface area contributed by atoms with Gasteiger partial charge in [0.1, 0.15) is 12.2 Å². The fourth-order valence-corrected chi connectivity index (χ4v) is 2.84. The van der Waals surface area contributed by atoms with Crippen molar-refractivity contribution >= 4 is 5.91 Å². The molecule has 0 radical (unpaired) electrons. The van der Waals surface area contributed by atoms with E-state index in [1.54, 1.807) is 17.4 Å². The maximum atomic E-state index is 11.4. The van der Waals surface area contributed by atoms with Gasteiger partial charge in [0.15, 0.2) is 0 Å². The van der Waals surface area contributed by atoms with Gasteiger partial charge < -0.3 is 14.1 Å². The second-order valence-corrected chi connectivity index (χ2v) is 5.31. The molecular weight excluding hydrogens is 232 g/mol. The zero-order valence-electron chi connectivity index (χ0n) is 10.6. The van der Waals surface area contributed by atoms with Gasteiger partial charge in [-0.05, 0) is 12.5 Å². The molecule has 0 bridgehead atoms. The topological polar surface area (TPSA) is 45.9 Å². The summed E-state index contributed by atoms with van der Waals surface area (Å²) in [6.45, 7) is 3.70. The molecule has 2 aliphatic heterocycles. The van der Waals surface area contributed by atoms with Gasteiger partial charge in [-0.2, -0.15) is 0 Å². The molecule has 3 rings (SSSR count). The van der Waals surface area contributed by atoms with Crippen molar-refractivity contribution in [1.82, 2.24) is 9.80 Å². The first-order valence-electron chi connectivity index (χ1n) is 6.28. The molecule has 5 nitrogen and oxygen atoms in total. The summed E-state index contributed by atoms with van der Waals surface area (Å²) in [7, 11) is 1.85. The molecule has 0 N–H and O–H groups in total. The van der Waals surface area contributed by atoms with E-state index in [4.69, 9.17) is 9.15 Å². The van der Waals surface area contributed by atoms with E-state index in [9.17, 15) is 4.79 Å². The fourth-order valence-electron chi connectivity index (χ4n) is 2.84. The van der Waals surface area contributed by atoms with Crippen LogP contribution in [0, 0.1) is 0 Å². The summed E-state index contributed by atoms with van der Waals surface area (Å²) in [5, 5.41) is 0. The Kier molecular flexibility index (Phi) is 2.87. The Morgan fingerprint density at radius 2 is 2.33 bits per heavy atom. The SMILES string of the molecule is CN1C[C@@]2(CCN(Cc3ccoc3)C2)OCC1=O. The van der Waals surface area contributed by atoms with Crippen molar-refractivity contribution in [3.8, 4) is 0 Å². The number of furan rings is 1. The minimum atomic E-state index is -0.160. The molecule has 0 saturated carbocycles. The number of ether oxygens (including phenoxy) is 1. The maximum Gasteiger partial charge on any atom is 0.248 e. The van der Waals surface area contributed by atoms with E-state index in [-0.39, 0.29) is 18.1 Å². The highest BCUT2D eigenvalue weighted by molar-refractivity contribution is 5.78. The molecule has 0 unspecified atom stereocenters. The molecule has 1 spiro atoms. The highest BCUT2D eigenvalue weighted by Crippen LogP contribution is 2.30. The second kappa shape index (κ2) is 4.40. The third-order valence-corrected chi connectivity index (χ3v) is 3.83. The lowest BCUT2D eigenvalue weighted by Gasteiger charge is -2.38. The molecule has 0 aromatic carbocycles. The van der Waals surface area contributed by atoms with Gasteiger partial charge in [0.2, 0.25) is 5.91 Å². The smallest absolute Gasteiger partial charge is 0.248 e. The highest BCUT2D eigenvalue weighted by atomic mass is 16.5. The van der Waals surface area contributed by atoms with E-state index in [2.05, 4.69) is 4.90 Å². The van der Waals surface area contributed by atoms with E-state index >= 15 is 0 Å². The molecule has 18 heavy (non-hydrogen) atoms. The van der Waals surface area contributed by atoms with Crippen molar-refractivity contribution in [1.29, 1.82) is 0 Å². The molecule has 0 aliphatic carbocycles. The summed E-state index contributed by atoms with van der Waals surface area (Å²) in [5.41, 5.74) is 1.03. The molecule has 2 aliphatic rings. The standard InChI is InChI=1S/C13H18N2O3/c1-14-9-13(18-8-12(14)16)3-4-15(10-13)6-11-2-5-17-7-11/h2,5,7H,3-4,6,8-10H2,1H3/t13-/m1/s1. The summed E-state index contributed by atoms with van der Waals surface area (Å²) in [6.07, 6.45) is 4.47. The van der Waals surface area contributed by atoms with Crippen LogP contribution < -0.4 is 0 Å². The van der Waals surface area contributed by atoms with Gasteiger partial charge in [-0.3, -0.25) is 9.69 Å². The van der Waals surface area contributed by atoms with Gasteiger partial charge in [-0.15, -0.1) is 0 Å². The van der Waals surface area contributed by atoms with Crippen molar-refractivity contribution in [2.45, 2.75) is 18.6 Å². The Balaban J connectivity index is 1.62. The number of carbonyl (C=O) groups excluding carboxylic acids is 1. The van der Waals surface area contributed by atoms with Crippen molar-refractivity contribution < 1.29 is 13.9 Å². The van der Waals surface area contributed by atoms with Gasteiger partial charge in [-0.1, -0.05) is 0 Å². The first-order chi connectivity index (χ1) is 8.67. The molecule has 1 amide bonds. The number of morpholine rings is 1. The van der Waals surface area contributed by atoms with Gasteiger partial charge >= 0.3 is 0 Å². The summed E-state index contributed by atoms with van der Waals surface area (Å²) in [6, 6.07) is 1.99. The quantitative estimate of drug-likeness (QED) is 0.775. The number of carbonyl (C=O) groups is 1. The van der Waals surface area contributed by atoms with Crippen LogP contribution in [0.15, 0.2) is 23.0 Å². The number of hydrogen-bond acceptors (Lipinski definition) is 4. The number of hydrogen-bond donors (Lipinski definition) is 0. The third kappa shape index (κ3) is 2.15. The van der Waals surface area contributed by atoms with Crippen LogP contribution in [0.4, 0.5) is 0 Å². The van der Waals surface area contributed by atoms with E-state index in [1.165, 1.54) is 5.56 Å². The molecule has 1 aromatic heterocycles. The van der Waals surface area contributed by atoms with Crippen LogP contribution in [0.3, 0.4) is 0 Å². The van der Waals surface area contributed by atoms with Crippen LogP contribution in [0.1, 0.15) is 12.0 Å². The Bertz CT molecular complexity index is 431. The van der Waals surface area contributed by atoms with Crippen LogP contribution in [0.2, 0.25) is 0 Å². The minimum Gasteiger partial charge on any atom is -0.472 e. The molecule has 1 atom stereocenters. The largest absolute Gasteiger partial charge is 0.472 e. The first-order valence-corrected chi connectivity index (χ1v) is 6.28. The highest BCUT2D eigenvalue weighted by Gasteiger charge is 2.43. The number of likely N-dealkylation sites (tertiary alicyclic amines) is 1. The van der Waals surface area contributed by atoms with Crippen LogP contribution in [0.25, 0.3) is 0 Å². The minimum absolute atomic E-state index is 0.0777. The summed E-state index contributed by atoms with van der Waals surface area (Å²) < 4.78 is 10.9. The van der Waals surface area contributed by atoms with Gasteiger partial charge in [0, 0.05) is 32.2 Å². The van der Waals surface area contributed by atoms with Crippen LogP contribution in [-0.2, 0) is 16.1 Å². The number of nitrogens with zero attached hydrogens (tertiary/aromatic N) is 2. The number of rotatable bonds is 2. The first kappa shape index (κ1) is 11.7. The van der Waals surface area contributed by atoms with E-state index < -0.39 is 0 Å². The predicted octanol–water partition coefficient (Wildman–Crippen LogP) is 0.713. The van der Waals surface area contributed by atoms with Gasteiger partial charge in [0.05, 0.1) is 19.1 Å². The van der Waals surface area contributed by atoms with Crippen LogP contribution in [-0.4, -0.2) is 54.6 Å². The summed E-state index contributed by atoms with van der Waals surface area (Å²) in [5.74, 6) is 0.0777. The zero-order valence-corrected chi connectivity index (χ0v) is 10.6. The second-order valence-electron chi connectivity index (χ2n) is 5.31. The van der Waals surface area contributed by atoms with Crippen LogP contribution in [0.5, 0.6) is 0 Å². The van der Waals surface area contributed by atoms with Crippen molar-refractivity contribution in [2.24, 2.45) is 0 Å². The van der Waals surface area contributed by atoms with Crippen molar-refractivity contribution in [3.63, 3.8) is 0 Å². The van der Waals surface area contributed by atoms with Crippen LogP contribution >= 0.6 is 0 Å². The number of likely N-dealkylation sites (N-methyl/N-ethyl adjacent to an activating group) is 1. The summed E-state index contributed by atoms with van der Waals surface area (Å²) >= 11 is 0. The molecule has 1 aromatic rings. The Morgan fingerprint density at radius 1 is 1.44 bits per heavy atom. The van der Waals surface area contributed by atoms with Gasteiger partial charge in [0.25, 0.3) is 0 Å². The van der Waals surface area contributed by atoms with Gasteiger partial charge in [-0.25, -0.2) is 0 Å². The number of amides is 1. The van der Waals surface area contributed by atoms with E-state index in [1.807, 2.05) is 13.1 Å². The summed E-state index contributed by atoms with van der Waals surface area (Å²) in [4.78, 5) is 15.6.